The first-order chi connectivity index (χ1) is 14.2. The molecule has 0 bridgehead atoms. The topological polar surface area (TPSA) is 123 Å². The van der Waals surface area contributed by atoms with Gasteiger partial charge < -0.3 is 10.1 Å². The van der Waals surface area contributed by atoms with Crippen LogP contribution in [0.1, 0.15) is 29.8 Å². The fraction of sp³-hybridized carbons (Fsp3) is 0.250. The molecule has 0 aliphatic carbocycles. The molecule has 2 rings (SSSR count). The van der Waals surface area contributed by atoms with E-state index in [1.807, 2.05) is 0 Å². The molecule has 1 unspecified atom stereocenters. The number of benzene rings is 2. The Balaban J connectivity index is 2.04. The van der Waals surface area contributed by atoms with E-state index in [4.69, 9.17) is 16.3 Å². The Morgan fingerprint density at radius 3 is 2.43 bits per heavy atom. The Labute approximate surface area is 178 Å². The third-order valence-corrected chi connectivity index (χ3v) is 4.46. The van der Waals surface area contributed by atoms with Crippen LogP contribution in [0.15, 0.2) is 47.6 Å². The van der Waals surface area contributed by atoms with Crippen LogP contribution in [0.25, 0.3) is 0 Å². The number of nitrogens with one attached hydrogen (secondary N) is 2. The van der Waals surface area contributed by atoms with E-state index < -0.39 is 22.8 Å². The van der Waals surface area contributed by atoms with Gasteiger partial charge in [0.1, 0.15) is 16.8 Å². The van der Waals surface area contributed by atoms with Crippen LogP contribution >= 0.6 is 11.6 Å². The lowest BCUT2D eigenvalue weighted by Gasteiger charge is -2.20. The van der Waals surface area contributed by atoms with Crippen LogP contribution in [-0.4, -0.2) is 36.1 Å². The van der Waals surface area contributed by atoms with Crippen LogP contribution in [0.3, 0.4) is 0 Å². The van der Waals surface area contributed by atoms with Gasteiger partial charge >= 0.3 is 0 Å². The average molecular weight is 433 g/mol. The minimum atomic E-state index is -0.837. The van der Waals surface area contributed by atoms with Gasteiger partial charge in [0.05, 0.1) is 18.2 Å². The van der Waals surface area contributed by atoms with E-state index in [1.54, 1.807) is 38.1 Å². The molecule has 0 fully saturated rings. The van der Waals surface area contributed by atoms with Crippen LogP contribution in [0.2, 0.25) is 5.02 Å². The van der Waals surface area contributed by atoms with Gasteiger partial charge in [-0.3, -0.25) is 19.7 Å². The molecule has 158 valence electrons. The van der Waals surface area contributed by atoms with Crippen molar-refractivity contribution in [2.24, 2.45) is 11.0 Å². The van der Waals surface area contributed by atoms with E-state index in [0.717, 1.165) is 0 Å². The van der Waals surface area contributed by atoms with Crippen LogP contribution in [0, 0.1) is 16.0 Å². The number of rotatable bonds is 8. The molecule has 0 saturated carbocycles. The smallest absolute Gasteiger partial charge is 0.288 e. The van der Waals surface area contributed by atoms with Gasteiger partial charge in [-0.1, -0.05) is 31.5 Å². The lowest BCUT2D eigenvalue weighted by atomic mass is 10.0. The quantitative estimate of drug-likeness (QED) is 0.376. The van der Waals surface area contributed by atoms with Gasteiger partial charge in [-0.25, -0.2) is 5.43 Å². The number of methoxy groups -OCH3 is 1. The molecule has 0 radical (unpaired) electrons. The number of amides is 2. The average Bonchev–Trinajstić information content (AvgIpc) is 2.72. The van der Waals surface area contributed by atoms with Crippen molar-refractivity contribution in [2.45, 2.75) is 19.9 Å². The molecule has 2 aromatic rings. The second-order valence-corrected chi connectivity index (χ2v) is 7.03. The highest BCUT2D eigenvalue weighted by molar-refractivity contribution is 6.32. The molecule has 0 saturated heterocycles. The molecule has 2 N–H and O–H groups in total. The maximum absolute atomic E-state index is 12.5. The number of hydrogen-bond acceptors (Lipinski definition) is 6. The Morgan fingerprint density at radius 2 is 1.87 bits per heavy atom. The van der Waals surface area contributed by atoms with Gasteiger partial charge in [0, 0.05) is 17.2 Å². The van der Waals surface area contributed by atoms with Crippen molar-refractivity contribution >= 4 is 35.3 Å². The molecule has 2 amide bonds. The minimum absolute atomic E-state index is 0.00213. The molecule has 0 aliphatic heterocycles. The van der Waals surface area contributed by atoms with Crippen LogP contribution < -0.4 is 15.5 Å². The first-order valence-corrected chi connectivity index (χ1v) is 9.32. The third kappa shape index (κ3) is 6.02. The Kier molecular flexibility index (Phi) is 7.88. The monoisotopic (exact) mass is 432 g/mol. The summed E-state index contributed by atoms with van der Waals surface area (Å²) in [6.45, 7) is 3.57. The van der Waals surface area contributed by atoms with Gasteiger partial charge in [0.2, 0.25) is 0 Å². The van der Waals surface area contributed by atoms with Gasteiger partial charge in [-0.15, -0.1) is 0 Å². The van der Waals surface area contributed by atoms with E-state index in [0.29, 0.717) is 16.9 Å². The predicted molar refractivity (Wildman–Crippen MR) is 113 cm³/mol. The van der Waals surface area contributed by atoms with E-state index in [2.05, 4.69) is 15.8 Å². The molecule has 9 nitrogen and oxygen atoms in total. The zero-order chi connectivity index (χ0) is 22.3. The van der Waals surface area contributed by atoms with E-state index in [1.165, 1.54) is 31.5 Å². The normalized spacial score (nSPS) is 11.9. The molecular weight excluding hydrogens is 412 g/mol. The first kappa shape index (κ1) is 22.8. The fourth-order valence-electron chi connectivity index (χ4n) is 2.49. The number of nitro groups is 1. The van der Waals surface area contributed by atoms with E-state index >= 15 is 0 Å². The van der Waals surface area contributed by atoms with Gasteiger partial charge in [-0.2, -0.15) is 5.10 Å². The summed E-state index contributed by atoms with van der Waals surface area (Å²) < 4.78 is 5.06. The van der Waals surface area contributed by atoms with E-state index in [-0.39, 0.29) is 16.6 Å². The highest BCUT2D eigenvalue weighted by Gasteiger charge is 2.24. The number of halogens is 1. The number of nitrogens with zero attached hydrogens (tertiary/aromatic N) is 2. The van der Waals surface area contributed by atoms with Crippen molar-refractivity contribution in [2.75, 3.05) is 7.11 Å². The van der Waals surface area contributed by atoms with Crippen LogP contribution in [-0.2, 0) is 4.79 Å². The Bertz CT molecular complexity index is 960. The summed E-state index contributed by atoms with van der Waals surface area (Å²) in [5.41, 5.74) is 2.84. The van der Waals surface area contributed by atoms with Crippen molar-refractivity contribution in [3.63, 3.8) is 0 Å². The van der Waals surface area contributed by atoms with Crippen LogP contribution in [0.4, 0.5) is 5.69 Å². The predicted octanol–water partition coefficient (Wildman–Crippen LogP) is 3.16. The molecule has 0 spiro atoms. The van der Waals surface area contributed by atoms with Crippen molar-refractivity contribution in [1.29, 1.82) is 0 Å². The summed E-state index contributed by atoms with van der Waals surface area (Å²) in [6.07, 6.45) is 1.25. The summed E-state index contributed by atoms with van der Waals surface area (Å²) in [5, 5.41) is 17.4. The standard InChI is InChI=1S/C20H21ClN4O5/c1-12(2)18(23-19(26)14-5-7-15(30-3)8-6-14)20(27)24-22-11-13-4-9-16(21)17(10-13)25(28)29/h4-12,18H,1-3H3,(H,23,26)(H,24,27). The molecule has 0 aliphatic rings. The SMILES string of the molecule is COc1ccc(C(=O)NC(C(=O)NN=Cc2ccc(Cl)c([N+](=O)[O-])c2)C(C)C)cc1. The summed E-state index contributed by atoms with van der Waals surface area (Å²) in [7, 11) is 1.52. The summed E-state index contributed by atoms with van der Waals surface area (Å²) in [6, 6.07) is 9.78. The molecule has 1 atom stereocenters. The lowest BCUT2D eigenvalue weighted by Crippen LogP contribution is -2.48. The number of carbonyl (C=O) groups excluding carboxylic acids is 2. The fourth-order valence-corrected chi connectivity index (χ4v) is 2.68. The number of ether oxygens (including phenoxy) is 1. The summed E-state index contributed by atoms with van der Waals surface area (Å²) in [4.78, 5) is 35.3. The zero-order valence-corrected chi connectivity index (χ0v) is 17.3. The van der Waals surface area contributed by atoms with Gasteiger partial charge in [0.15, 0.2) is 0 Å². The lowest BCUT2D eigenvalue weighted by molar-refractivity contribution is -0.384. The molecule has 10 heteroatoms. The third-order valence-electron chi connectivity index (χ3n) is 4.14. The Morgan fingerprint density at radius 1 is 1.20 bits per heavy atom. The molecular formula is C20H21ClN4O5. The molecule has 0 aromatic heterocycles. The maximum Gasteiger partial charge on any atom is 0.288 e. The molecule has 2 aromatic carbocycles. The number of nitro benzene ring substituents is 1. The van der Waals surface area contributed by atoms with Crippen molar-refractivity contribution in [1.82, 2.24) is 10.7 Å². The number of carbonyl (C=O) groups is 2. The molecule has 0 heterocycles. The van der Waals surface area contributed by atoms with Crippen LogP contribution in [0.5, 0.6) is 5.75 Å². The van der Waals surface area contributed by atoms with Crippen molar-refractivity contribution < 1.29 is 19.2 Å². The highest BCUT2D eigenvalue weighted by atomic mass is 35.5. The first-order valence-electron chi connectivity index (χ1n) is 8.94. The van der Waals surface area contributed by atoms with E-state index in [9.17, 15) is 19.7 Å². The second kappa shape index (κ2) is 10.4. The van der Waals surface area contributed by atoms with Gasteiger partial charge in [-0.05, 0) is 36.2 Å². The van der Waals surface area contributed by atoms with Gasteiger partial charge in [0.25, 0.3) is 17.5 Å². The highest BCUT2D eigenvalue weighted by Crippen LogP contribution is 2.24. The maximum atomic E-state index is 12.5. The summed E-state index contributed by atoms with van der Waals surface area (Å²) >= 11 is 5.76. The number of hydrazone groups is 1. The zero-order valence-electron chi connectivity index (χ0n) is 16.6. The molecule has 30 heavy (non-hydrogen) atoms. The second-order valence-electron chi connectivity index (χ2n) is 6.63. The van der Waals surface area contributed by atoms with Crippen molar-refractivity contribution in [3.8, 4) is 5.75 Å². The number of hydrogen-bond donors (Lipinski definition) is 2. The Hall–Kier alpha value is -3.46. The minimum Gasteiger partial charge on any atom is -0.497 e. The van der Waals surface area contributed by atoms with Crippen molar-refractivity contribution in [3.05, 3.63) is 68.7 Å². The summed E-state index contributed by atoms with van der Waals surface area (Å²) in [5.74, 6) is -0.532. The largest absolute Gasteiger partial charge is 0.497 e.